The molecule has 0 aromatic rings. The Kier molecular flexibility index (Phi) is 7.54. The maximum Gasteiger partial charge on any atom is 0.236 e. The molecule has 2 amide bonds. The van der Waals surface area contributed by atoms with E-state index in [9.17, 15) is 9.59 Å². The minimum Gasteiger partial charge on any atom is -0.355 e. The Morgan fingerprint density at radius 2 is 1.80 bits per heavy atom. The lowest BCUT2D eigenvalue weighted by Crippen LogP contribution is -2.53. The fourth-order valence-electron chi connectivity index (χ4n) is 2.13. The van der Waals surface area contributed by atoms with Crippen LogP contribution in [0.2, 0.25) is 0 Å². The van der Waals surface area contributed by atoms with Gasteiger partial charge in [0.25, 0.3) is 0 Å². The van der Waals surface area contributed by atoms with Crippen LogP contribution in [0.5, 0.6) is 0 Å². The van der Waals surface area contributed by atoms with Gasteiger partial charge >= 0.3 is 0 Å². The third-order valence-corrected chi connectivity index (χ3v) is 3.68. The van der Waals surface area contributed by atoms with E-state index < -0.39 is 0 Å². The molecule has 0 bridgehead atoms. The van der Waals surface area contributed by atoms with Crippen LogP contribution in [0.4, 0.5) is 0 Å². The minimum absolute atomic E-state index is 0.0608. The van der Waals surface area contributed by atoms with Crippen molar-refractivity contribution >= 4 is 11.8 Å². The molecule has 1 saturated heterocycles. The quantitative estimate of drug-likeness (QED) is 0.671. The summed E-state index contributed by atoms with van der Waals surface area (Å²) in [5.74, 6) is 0.216. The molecule has 0 aromatic carbocycles. The van der Waals surface area contributed by atoms with E-state index in [0.29, 0.717) is 38.8 Å². The van der Waals surface area contributed by atoms with Gasteiger partial charge in [-0.3, -0.25) is 14.5 Å². The summed E-state index contributed by atoms with van der Waals surface area (Å²) >= 11 is 0. The summed E-state index contributed by atoms with van der Waals surface area (Å²) in [6.07, 6.45) is 1.02. The van der Waals surface area contributed by atoms with E-state index in [1.807, 2.05) is 11.8 Å². The fraction of sp³-hybridized carbons (Fsp3) is 0.857. The first-order valence-electron chi connectivity index (χ1n) is 7.57. The van der Waals surface area contributed by atoms with Crippen molar-refractivity contribution in [2.45, 2.75) is 33.2 Å². The smallest absolute Gasteiger partial charge is 0.236 e. The molecule has 0 saturated carbocycles. The van der Waals surface area contributed by atoms with Crippen LogP contribution < -0.4 is 10.6 Å². The first-order valence-corrected chi connectivity index (χ1v) is 7.57. The Morgan fingerprint density at radius 1 is 1.15 bits per heavy atom. The lowest BCUT2D eigenvalue weighted by atomic mass is 10.2. The molecule has 1 fully saturated rings. The maximum absolute atomic E-state index is 12.0. The van der Waals surface area contributed by atoms with Crippen LogP contribution >= 0.6 is 0 Å². The lowest BCUT2D eigenvalue weighted by molar-refractivity contribution is -0.132. The first kappa shape index (κ1) is 16.9. The van der Waals surface area contributed by atoms with E-state index in [1.54, 1.807) is 0 Å². The van der Waals surface area contributed by atoms with E-state index in [2.05, 4.69) is 29.4 Å². The number of likely N-dealkylation sites (N-methyl/N-ethyl adjacent to an activating group) is 1. The number of piperazine rings is 1. The van der Waals surface area contributed by atoms with Gasteiger partial charge in [0.15, 0.2) is 0 Å². The number of nitrogens with zero attached hydrogens (tertiary/aromatic N) is 2. The predicted molar refractivity (Wildman–Crippen MR) is 79.5 cm³/mol. The maximum atomic E-state index is 12.0. The van der Waals surface area contributed by atoms with E-state index in [-0.39, 0.29) is 11.8 Å². The van der Waals surface area contributed by atoms with Crippen LogP contribution in [0.1, 0.15) is 27.2 Å². The standard InChI is InChI=1S/C14H28N4O2/c1-4-12(3)16-10-14(20)18-8-6-17(7-9-18)11-13(19)15-5-2/h12,16H,4-11H2,1-3H3,(H,15,19). The molecule has 0 spiro atoms. The van der Waals surface area contributed by atoms with Crippen LogP contribution in [-0.2, 0) is 9.59 Å². The van der Waals surface area contributed by atoms with E-state index >= 15 is 0 Å². The van der Waals surface area contributed by atoms with E-state index in [1.165, 1.54) is 0 Å². The topological polar surface area (TPSA) is 64.7 Å². The average Bonchev–Trinajstić information content (AvgIpc) is 2.45. The second kappa shape index (κ2) is 8.92. The van der Waals surface area contributed by atoms with Crippen molar-refractivity contribution in [3.8, 4) is 0 Å². The number of rotatable bonds is 7. The number of hydrogen-bond acceptors (Lipinski definition) is 4. The summed E-state index contributed by atoms with van der Waals surface area (Å²) < 4.78 is 0. The second-order valence-electron chi connectivity index (χ2n) is 5.30. The summed E-state index contributed by atoms with van der Waals surface area (Å²) in [6, 6.07) is 0.373. The molecule has 1 aliphatic rings. The fourth-order valence-corrected chi connectivity index (χ4v) is 2.13. The zero-order chi connectivity index (χ0) is 15.0. The van der Waals surface area contributed by atoms with Crippen molar-refractivity contribution in [3.63, 3.8) is 0 Å². The second-order valence-corrected chi connectivity index (χ2v) is 5.30. The Bertz CT molecular complexity index is 314. The van der Waals surface area contributed by atoms with Crippen molar-refractivity contribution in [1.29, 1.82) is 0 Å². The van der Waals surface area contributed by atoms with E-state index in [0.717, 1.165) is 19.5 Å². The first-order chi connectivity index (χ1) is 9.56. The SMILES string of the molecule is CCNC(=O)CN1CCN(C(=O)CNC(C)CC)CC1. The number of nitrogens with one attached hydrogen (secondary N) is 2. The highest BCUT2D eigenvalue weighted by molar-refractivity contribution is 5.79. The minimum atomic E-state index is 0.0608. The molecule has 0 radical (unpaired) electrons. The normalized spacial score (nSPS) is 17.9. The largest absolute Gasteiger partial charge is 0.355 e. The monoisotopic (exact) mass is 284 g/mol. The molecule has 1 rings (SSSR count). The van der Waals surface area contributed by atoms with Gasteiger partial charge in [-0.2, -0.15) is 0 Å². The Balaban J connectivity index is 2.24. The van der Waals surface area contributed by atoms with E-state index in [4.69, 9.17) is 0 Å². The number of carbonyl (C=O) groups is 2. The van der Waals surface area contributed by atoms with Crippen molar-refractivity contribution in [3.05, 3.63) is 0 Å². The highest BCUT2D eigenvalue weighted by Gasteiger charge is 2.22. The predicted octanol–water partition coefficient (Wildman–Crippen LogP) is -0.345. The molecule has 1 heterocycles. The number of hydrogen-bond donors (Lipinski definition) is 2. The number of amides is 2. The van der Waals surface area contributed by atoms with Crippen molar-refractivity contribution in [2.24, 2.45) is 0 Å². The van der Waals surface area contributed by atoms with Crippen molar-refractivity contribution in [1.82, 2.24) is 20.4 Å². The summed E-state index contributed by atoms with van der Waals surface area (Å²) in [7, 11) is 0. The molecule has 0 aromatic heterocycles. The van der Waals surface area contributed by atoms with Crippen molar-refractivity contribution < 1.29 is 9.59 Å². The van der Waals surface area contributed by atoms with Crippen molar-refractivity contribution in [2.75, 3.05) is 45.8 Å². The van der Waals surface area contributed by atoms with Gasteiger partial charge < -0.3 is 15.5 Å². The van der Waals surface area contributed by atoms with Gasteiger partial charge in [0.1, 0.15) is 0 Å². The van der Waals surface area contributed by atoms with Gasteiger partial charge in [-0.05, 0) is 20.3 Å². The molecule has 1 atom stereocenters. The summed E-state index contributed by atoms with van der Waals surface area (Å²) in [4.78, 5) is 27.5. The molecule has 6 heteroatoms. The summed E-state index contributed by atoms with van der Waals surface area (Å²) in [5.41, 5.74) is 0. The molecular formula is C14H28N4O2. The van der Waals surface area contributed by atoms with Gasteiger partial charge in [-0.1, -0.05) is 6.92 Å². The molecule has 1 aliphatic heterocycles. The Morgan fingerprint density at radius 3 is 2.35 bits per heavy atom. The molecule has 6 nitrogen and oxygen atoms in total. The third kappa shape index (κ3) is 5.88. The number of carbonyl (C=O) groups excluding carboxylic acids is 2. The molecule has 2 N–H and O–H groups in total. The Labute approximate surface area is 121 Å². The summed E-state index contributed by atoms with van der Waals surface area (Å²) in [6.45, 7) is 10.6. The zero-order valence-corrected chi connectivity index (χ0v) is 12.9. The zero-order valence-electron chi connectivity index (χ0n) is 12.9. The van der Waals surface area contributed by atoms with Crippen LogP contribution in [0.15, 0.2) is 0 Å². The molecule has 0 aliphatic carbocycles. The van der Waals surface area contributed by atoms with Gasteiger partial charge in [0.2, 0.25) is 11.8 Å². The third-order valence-electron chi connectivity index (χ3n) is 3.68. The van der Waals surface area contributed by atoms with Gasteiger partial charge in [-0.15, -0.1) is 0 Å². The molecular weight excluding hydrogens is 256 g/mol. The molecule has 20 heavy (non-hydrogen) atoms. The van der Waals surface area contributed by atoms with Gasteiger partial charge in [0, 0.05) is 38.8 Å². The van der Waals surface area contributed by atoms with Gasteiger partial charge in [-0.25, -0.2) is 0 Å². The van der Waals surface area contributed by atoms with Crippen LogP contribution in [0.3, 0.4) is 0 Å². The van der Waals surface area contributed by atoms with Gasteiger partial charge in [0.05, 0.1) is 13.1 Å². The molecule has 116 valence electrons. The highest BCUT2D eigenvalue weighted by atomic mass is 16.2. The Hall–Kier alpha value is -1.14. The lowest BCUT2D eigenvalue weighted by Gasteiger charge is -2.34. The summed E-state index contributed by atoms with van der Waals surface area (Å²) in [5, 5.41) is 6.02. The average molecular weight is 284 g/mol. The molecule has 1 unspecified atom stereocenters. The van der Waals surface area contributed by atoms with Crippen LogP contribution in [0, 0.1) is 0 Å². The van der Waals surface area contributed by atoms with Crippen LogP contribution in [-0.4, -0.2) is 73.5 Å². The highest BCUT2D eigenvalue weighted by Crippen LogP contribution is 2.02. The van der Waals surface area contributed by atoms with Crippen LogP contribution in [0.25, 0.3) is 0 Å².